The number of likely N-dealkylation sites (N-methyl/N-ethyl adjacent to an activating group) is 1. The van der Waals surface area contributed by atoms with E-state index in [4.69, 9.17) is 0 Å². The van der Waals surface area contributed by atoms with Gasteiger partial charge in [0.25, 0.3) is 0 Å². The summed E-state index contributed by atoms with van der Waals surface area (Å²) in [5.74, 6) is 0. The molecule has 0 amide bonds. The first-order valence-electron chi connectivity index (χ1n) is 6.88. The molecule has 0 saturated carbocycles. The molecule has 0 aromatic rings. The molecule has 0 bridgehead atoms. The van der Waals surface area contributed by atoms with E-state index in [1.165, 1.54) is 39.1 Å². The molecule has 3 nitrogen and oxygen atoms in total. The van der Waals surface area contributed by atoms with Crippen LogP contribution in [0.3, 0.4) is 0 Å². The molecule has 0 aliphatic carbocycles. The van der Waals surface area contributed by atoms with E-state index >= 15 is 0 Å². The number of hydrogen-bond acceptors (Lipinski definition) is 3. The van der Waals surface area contributed by atoms with Gasteiger partial charge in [0.1, 0.15) is 0 Å². The van der Waals surface area contributed by atoms with Gasteiger partial charge >= 0.3 is 0 Å². The molecule has 1 fully saturated rings. The van der Waals surface area contributed by atoms with Crippen LogP contribution in [0.1, 0.15) is 34.1 Å². The van der Waals surface area contributed by atoms with Crippen molar-refractivity contribution in [1.82, 2.24) is 15.1 Å². The second kappa shape index (κ2) is 7.25. The van der Waals surface area contributed by atoms with Gasteiger partial charge in [0.2, 0.25) is 0 Å². The zero-order valence-electron chi connectivity index (χ0n) is 11.5. The lowest BCUT2D eigenvalue weighted by atomic mass is 10.1. The Balaban J connectivity index is 2.29. The molecule has 1 N–H and O–H groups in total. The molecule has 2 unspecified atom stereocenters. The van der Waals surface area contributed by atoms with E-state index in [0.717, 1.165) is 6.54 Å². The predicted molar refractivity (Wildman–Crippen MR) is 70.9 cm³/mol. The van der Waals surface area contributed by atoms with Crippen molar-refractivity contribution < 1.29 is 0 Å². The van der Waals surface area contributed by atoms with E-state index in [9.17, 15) is 0 Å². The van der Waals surface area contributed by atoms with Gasteiger partial charge in [0.05, 0.1) is 0 Å². The van der Waals surface area contributed by atoms with Crippen LogP contribution in [0.5, 0.6) is 0 Å². The number of hydrogen-bond donors (Lipinski definition) is 1. The highest BCUT2D eigenvalue weighted by molar-refractivity contribution is 4.81. The van der Waals surface area contributed by atoms with Gasteiger partial charge in [-0.3, -0.25) is 4.90 Å². The molecule has 0 aromatic carbocycles. The van der Waals surface area contributed by atoms with Crippen LogP contribution in [0, 0.1) is 0 Å². The zero-order chi connectivity index (χ0) is 12.0. The Hall–Kier alpha value is -0.120. The number of nitrogens with one attached hydrogen (secondary N) is 1. The molecule has 16 heavy (non-hydrogen) atoms. The van der Waals surface area contributed by atoms with Crippen molar-refractivity contribution >= 4 is 0 Å². The Kier molecular flexibility index (Phi) is 6.32. The van der Waals surface area contributed by atoms with Crippen LogP contribution in [-0.2, 0) is 0 Å². The molecule has 1 saturated heterocycles. The van der Waals surface area contributed by atoms with Gasteiger partial charge in [-0.25, -0.2) is 0 Å². The van der Waals surface area contributed by atoms with Gasteiger partial charge in [-0.2, -0.15) is 0 Å². The molecule has 96 valence electrons. The third-order valence-electron chi connectivity index (χ3n) is 3.87. The van der Waals surface area contributed by atoms with Crippen molar-refractivity contribution in [1.29, 1.82) is 0 Å². The second-order valence-corrected chi connectivity index (χ2v) is 4.95. The summed E-state index contributed by atoms with van der Waals surface area (Å²) >= 11 is 0. The van der Waals surface area contributed by atoms with Crippen molar-refractivity contribution in [2.75, 3.05) is 39.3 Å². The fourth-order valence-electron chi connectivity index (χ4n) is 2.35. The maximum absolute atomic E-state index is 3.60. The molecular weight excluding hydrogens is 198 g/mol. The summed E-state index contributed by atoms with van der Waals surface area (Å²) in [6.45, 7) is 16.4. The predicted octanol–water partition coefficient (Wildman–Crippen LogP) is 1.40. The Morgan fingerprint density at radius 2 is 1.69 bits per heavy atom. The van der Waals surface area contributed by atoms with Gasteiger partial charge in [-0.1, -0.05) is 13.8 Å². The van der Waals surface area contributed by atoms with Crippen molar-refractivity contribution in [3.05, 3.63) is 0 Å². The molecule has 1 rings (SSSR count). The molecular formula is C13H29N3. The van der Waals surface area contributed by atoms with E-state index in [0.29, 0.717) is 12.1 Å². The highest BCUT2D eigenvalue weighted by atomic mass is 15.3. The topological polar surface area (TPSA) is 18.5 Å². The Morgan fingerprint density at radius 3 is 2.19 bits per heavy atom. The standard InChI is InChI=1S/C13H29N3/c1-5-7-14-12(3)13(4)16-10-8-15(6-2)9-11-16/h12-14H,5-11H2,1-4H3. The first-order chi connectivity index (χ1) is 7.69. The van der Waals surface area contributed by atoms with Gasteiger partial charge in [-0.15, -0.1) is 0 Å². The minimum atomic E-state index is 0.605. The highest BCUT2D eigenvalue weighted by Crippen LogP contribution is 2.09. The third kappa shape index (κ3) is 4.04. The molecule has 1 aliphatic heterocycles. The molecule has 1 heterocycles. The number of piperazine rings is 1. The minimum absolute atomic E-state index is 0.605. The van der Waals surface area contributed by atoms with Gasteiger partial charge < -0.3 is 10.2 Å². The lowest BCUT2D eigenvalue weighted by molar-refractivity contribution is 0.0915. The van der Waals surface area contributed by atoms with Crippen LogP contribution in [-0.4, -0.2) is 61.2 Å². The third-order valence-corrected chi connectivity index (χ3v) is 3.87. The van der Waals surface area contributed by atoms with Gasteiger partial charge in [-0.05, 0) is 33.4 Å². The summed E-state index contributed by atoms with van der Waals surface area (Å²) in [7, 11) is 0. The molecule has 0 spiro atoms. The maximum Gasteiger partial charge on any atom is 0.0219 e. The summed E-state index contributed by atoms with van der Waals surface area (Å²) < 4.78 is 0. The normalized spacial score (nSPS) is 23.2. The quantitative estimate of drug-likeness (QED) is 0.740. The average Bonchev–Trinajstić information content (AvgIpc) is 2.35. The largest absolute Gasteiger partial charge is 0.313 e. The van der Waals surface area contributed by atoms with E-state index in [1.807, 2.05) is 0 Å². The minimum Gasteiger partial charge on any atom is -0.313 e. The summed E-state index contributed by atoms with van der Waals surface area (Å²) in [5, 5.41) is 3.60. The average molecular weight is 227 g/mol. The van der Waals surface area contributed by atoms with E-state index in [2.05, 4.69) is 42.8 Å². The summed E-state index contributed by atoms with van der Waals surface area (Å²) in [6, 6.07) is 1.26. The fraction of sp³-hybridized carbons (Fsp3) is 1.00. The van der Waals surface area contributed by atoms with Crippen molar-refractivity contribution in [2.24, 2.45) is 0 Å². The Bertz CT molecular complexity index is 176. The fourth-order valence-corrected chi connectivity index (χ4v) is 2.35. The van der Waals surface area contributed by atoms with Crippen molar-refractivity contribution in [3.63, 3.8) is 0 Å². The van der Waals surface area contributed by atoms with Crippen LogP contribution >= 0.6 is 0 Å². The highest BCUT2D eigenvalue weighted by Gasteiger charge is 2.23. The Morgan fingerprint density at radius 1 is 1.06 bits per heavy atom. The maximum atomic E-state index is 3.60. The molecule has 3 heteroatoms. The molecule has 1 aliphatic rings. The molecule has 2 atom stereocenters. The van der Waals surface area contributed by atoms with Crippen molar-refractivity contribution in [2.45, 2.75) is 46.2 Å². The monoisotopic (exact) mass is 227 g/mol. The summed E-state index contributed by atoms with van der Waals surface area (Å²) in [4.78, 5) is 5.16. The first kappa shape index (κ1) is 13.9. The summed E-state index contributed by atoms with van der Waals surface area (Å²) in [5.41, 5.74) is 0. The van der Waals surface area contributed by atoms with E-state index < -0.39 is 0 Å². The van der Waals surface area contributed by atoms with Crippen molar-refractivity contribution in [3.8, 4) is 0 Å². The van der Waals surface area contributed by atoms with Crippen LogP contribution in [0.25, 0.3) is 0 Å². The molecule has 0 aromatic heterocycles. The van der Waals surface area contributed by atoms with Gasteiger partial charge in [0, 0.05) is 38.3 Å². The SMILES string of the molecule is CCCNC(C)C(C)N1CCN(CC)CC1. The summed E-state index contributed by atoms with van der Waals surface area (Å²) in [6.07, 6.45) is 1.22. The number of nitrogens with zero attached hydrogens (tertiary/aromatic N) is 2. The number of rotatable bonds is 6. The van der Waals surface area contributed by atoms with Crippen LogP contribution in [0.4, 0.5) is 0 Å². The lowest BCUT2D eigenvalue weighted by Gasteiger charge is -2.40. The van der Waals surface area contributed by atoms with Crippen LogP contribution in [0.2, 0.25) is 0 Å². The van der Waals surface area contributed by atoms with Gasteiger partial charge in [0.15, 0.2) is 0 Å². The van der Waals surface area contributed by atoms with Crippen LogP contribution < -0.4 is 5.32 Å². The van der Waals surface area contributed by atoms with E-state index in [1.54, 1.807) is 0 Å². The zero-order valence-corrected chi connectivity index (χ0v) is 11.5. The Labute approximate surface area is 101 Å². The van der Waals surface area contributed by atoms with Crippen LogP contribution in [0.15, 0.2) is 0 Å². The lowest BCUT2D eigenvalue weighted by Crippen LogP contribution is -2.54. The second-order valence-electron chi connectivity index (χ2n) is 4.95. The smallest absolute Gasteiger partial charge is 0.0219 e. The molecule has 0 radical (unpaired) electrons. The van der Waals surface area contributed by atoms with E-state index in [-0.39, 0.29) is 0 Å². The first-order valence-corrected chi connectivity index (χ1v) is 6.88.